The molecule has 0 aromatic heterocycles. The fraction of sp³-hybridized carbons (Fsp3) is 0.625. The predicted molar refractivity (Wildman–Crippen MR) is 85.8 cm³/mol. The third-order valence-corrected chi connectivity index (χ3v) is 6.00. The van der Waals surface area contributed by atoms with Gasteiger partial charge in [0.1, 0.15) is 5.82 Å². The molecule has 6 heteroatoms. The molecule has 22 heavy (non-hydrogen) atoms. The van der Waals surface area contributed by atoms with Gasteiger partial charge >= 0.3 is 0 Å². The number of rotatable bonds is 5. The summed E-state index contributed by atoms with van der Waals surface area (Å²) in [5.74, 6) is -0.424. The molecule has 4 nitrogen and oxygen atoms in total. The first-order chi connectivity index (χ1) is 10.3. The Balaban J connectivity index is 2.03. The average molecular weight is 328 g/mol. The van der Waals surface area contributed by atoms with E-state index in [1.807, 2.05) is 6.92 Å². The Morgan fingerprint density at radius 3 is 2.77 bits per heavy atom. The van der Waals surface area contributed by atoms with Crippen LogP contribution in [0.25, 0.3) is 0 Å². The molecule has 2 atom stereocenters. The molecule has 0 amide bonds. The fourth-order valence-electron chi connectivity index (χ4n) is 3.11. The van der Waals surface area contributed by atoms with Crippen LogP contribution in [0.5, 0.6) is 0 Å². The molecule has 2 rings (SSSR count). The van der Waals surface area contributed by atoms with E-state index < -0.39 is 15.8 Å². The second-order valence-corrected chi connectivity index (χ2v) is 7.93. The maximum atomic E-state index is 13.1. The highest BCUT2D eigenvalue weighted by molar-refractivity contribution is 7.89. The van der Waals surface area contributed by atoms with E-state index in [0.29, 0.717) is 18.2 Å². The highest BCUT2D eigenvalue weighted by Gasteiger charge is 2.25. The quantitative estimate of drug-likeness (QED) is 0.904. The molecule has 0 bridgehead atoms. The van der Waals surface area contributed by atoms with E-state index in [0.717, 1.165) is 13.0 Å². The first kappa shape index (κ1) is 17.4. The van der Waals surface area contributed by atoms with Gasteiger partial charge in [-0.15, -0.1) is 0 Å². The zero-order valence-electron chi connectivity index (χ0n) is 13.5. The van der Waals surface area contributed by atoms with Crippen LogP contribution < -0.4 is 4.72 Å². The fourth-order valence-corrected chi connectivity index (χ4v) is 4.46. The van der Waals surface area contributed by atoms with Crippen molar-refractivity contribution in [2.45, 2.75) is 57.0 Å². The van der Waals surface area contributed by atoms with Crippen LogP contribution in [-0.2, 0) is 10.0 Å². The zero-order chi connectivity index (χ0) is 16.3. The second kappa shape index (κ2) is 7.06. The summed E-state index contributed by atoms with van der Waals surface area (Å²) in [5, 5.41) is 0. The van der Waals surface area contributed by atoms with Gasteiger partial charge in [-0.05, 0) is 63.9 Å². The van der Waals surface area contributed by atoms with Crippen molar-refractivity contribution >= 4 is 10.0 Å². The van der Waals surface area contributed by atoms with Crippen molar-refractivity contribution < 1.29 is 12.8 Å². The normalized spacial score (nSPS) is 21.7. The van der Waals surface area contributed by atoms with Crippen LogP contribution in [0.1, 0.15) is 38.7 Å². The molecule has 1 heterocycles. The van der Waals surface area contributed by atoms with Crippen LogP contribution in [-0.4, -0.2) is 38.5 Å². The van der Waals surface area contributed by atoms with Crippen molar-refractivity contribution in [3.05, 3.63) is 29.6 Å². The summed E-state index contributed by atoms with van der Waals surface area (Å²) < 4.78 is 40.5. The lowest BCUT2D eigenvalue weighted by atomic mass is 10.0. The van der Waals surface area contributed by atoms with Crippen molar-refractivity contribution in [2.24, 2.45) is 0 Å². The lowest BCUT2D eigenvalue weighted by Crippen LogP contribution is -2.48. The van der Waals surface area contributed by atoms with Gasteiger partial charge in [0.05, 0.1) is 4.90 Å². The highest BCUT2D eigenvalue weighted by Crippen LogP contribution is 2.20. The number of sulfonamides is 1. The molecule has 1 aromatic carbocycles. The van der Waals surface area contributed by atoms with E-state index in [9.17, 15) is 12.8 Å². The Labute approximate surface area is 132 Å². The molecule has 1 aliphatic heterocycles. The highest BCUT2D eigenvalue weighted by atomic mass is 32.2. The number of benzene rings is 1. The number of aryl methyl sites for hydroxylation is 1. The lowest BCUT2D eigenvalue weighted by molar-refractivity contribution is 0.116. The Kier molecular flexibility index (Phi) is 5.58. The maximum absolute atomic E-state index is 13.1. The van der Waals surface area contributed by atoms with Gasteiger partial charge in [-0.3, -0.25) is 4.90 Å². The number of hydrogen-bond acceptors (Lipinski definition) is 3. The van der Waals surface area contributed by atoms with Crippen LogP contribution in [0.3, 0.4) is 0 Å². The summed E-state index contributed by atoms with van der Waals surface area (Å²) in [6.45, 7) is 7.22. The third-order valence-electron chi connectivity index (χ3n) is 4.42. The first-order valence-corrected chi connectivity index (χ1v) is 9.31. The Morgan fingerprint density at radius 1 is 1.41 bits per heavy atom. The van der Waals surface area contributed by atoms with Gasteiger partial charge in [0.25, 0.3) is 0 Å². The Hall–Kier alpha value is -0.980. The topological polar surface area (TPSA) is 49.4 Å². The van der Waals surface area contributed by atoms with Gasteiger partial charge in [-0.2, -0.15) is 0 Å². The number of piperidine rings is 1. The SMILES string of the molecule is Cc1cc(F)ccc1S(=O)(=O)NC[C@@H](C)N1CCCC[C@H]1C. The molecular weight excluding hydrogens is 303 g/mol. The molecule has 1 aromatic rings. The van der Waals surface area contributed by atoms with Gasteiger partial charge < -0.3 is 0 Å². The van der Waals surface area contributed by atoms with E-state index in [1.165, 1.54) is 31.0 Å². The van der Waals surface area contributed by atoms with Crippen molar-refractivity contribution in [3.8, 4) is 0 Å². The summed E-state index contributed by atoms with van der Waals surface area (Å²) in [5.41, 5.74) is 0.423. The largest absolute Gasteiger partial charge is 0.297 e. The van der Waals surface area contributed by atoms with Crippen LogP contribution >= 0.6 is 0 Å². The number of halogens is 1. The van der Waals surface area contributed by atoms with Crippen LogP contribution in [0, 0.1) is 12.7 Å². The molecule has 1 fully saturated rings. The van der Waals surface area contributed by atoms with E-state index in [1.54, 1.807) is 6.92 Å². The van der Waals surface area contributed by atoms with E-state index in [-0.39, 0.29) is 10.9 Å². The summed E-state index contributed by atoms with van der Waals surface area (Å²) in [4.78, 5) is 2.50. The molecule has 0 unspecified atom stereocenters. The number of likely N-dealkylation sites (tertiary alicyclic amines) is 1. The lowest BCUT2D eigenvalue weighted by Gasteiger charge is -2.38. The van der Waals surface area contributed by atoms with Crippen molar-refractivity contribution in [2.75, 3.05) is 13.1 Å². The summed E-state index contributed by atoms with van der Waals surface area (Å²) in [6.07, 6.45) is 3.57. The Bertz CT molecular complexity index is 619. The average Bonchev–Trinajstić information content (AvgIpc) is 2.45. The van der Waals surface area contributed by atoms with Gasteiger partial charge in [0, 0.05) is 18.6 Å². The minimum absolute atomic E-state index is 0.144. The Morgan fingerprint density at radius 2 is 2.14 bits per heavy atom. The van der Waals surface area contributed by atoms with Crippen molar-refractivity contribution in [1.29, 1.82) is 0 Å². The minimum atomic E-state index is -3.60. The summed E-state index contributed by atoms with van der Waals surface area (Å²) in [7, 11) is -3.60. The van der Waals surface area contributed by atoms with Gasteiger partial charge in [0.2, 0.25) is 10.0 Å². The van der Waals surface area contributed by atoms with E-state index >= 15 is 0 Å². The molecule has 0 radical (unpaired) electrons. The van der Waals surface area contributed by atoms with Crippen LogP contribution in [0.2, 0.25) is 0 Å². The van der Waals surface area contributed by atoms with Gasteiger partial charge in [0.15, 0.2) is 0 Å². The minimum Gasteiger partial charge on any atom is -0.297 e. The number of hydrogen-bond donors (Lipinski definition) is 1. The van der Waals surface area contributed by atoms with Gasteiger partial charge in [-0.1, -0.05) is 6.42 Å². The first-order valence-electron chi connectivity index (χ1n) is 7.83. The summed E-state index contributed by atoms with van der Waals surface area (Å²) in [6, 6.07) is 4.37. The predicted octanol–water partition coefficient (Wildman–Crippen LogP) is 2.68. The van der Waals surface area contributed by atoms with Crippen LogP contribution in [0.4, 0.5) is 4.39 Å². The molecule has 1 saturated heterocycles. The van der Waals surface area contributed by atoms with E-state index in [2.05, 4.69) is 16.5 Å². The molecule has 0 spiro atoms. The van der Waals surface area contributed by atoms with Crippen LogP contribution in [0.15, 0.2) is 23.1 Å². The molecule has 0 aliphatic carbocycles. The van der Waals surface area contributed by atoms with Gasteiger partial charge in [-0.25, -0.2) is 17.5 Å². The molecule has 1 N–H and O–H groups in total. The number of nitrogens with one attached hydrogen (secondary N) is 1. The molecule has 0 saturated carbocycles. The van der Waals surface area contributed by atoms with E-state index in [4.69, 9.17) is 0 Å². The third kappa shape index (κ3) is 4.06. The molecular formula is C16H25FN2O2S. The zero-order valence-corrected chi connectivity index (χ0v) is 14.3. The second-order valence-electron chi connectivity index (χ2n) is 6.19. The molecule has 124 valence electrons. The smallest absolute Gasteiger partial charge is 0.240 e. The molecule has 1 aliphatic rings. The maximum Gasteiger partial charge on any atom is 0.240 e. The van der Waals surface area contributed by atoms with Crippen molar-refractivity contribution in [3.63, 3.8) is 0 Å². The summed E-state index contributed by atoms with van der Waals surface area (Å²) >= 11 is 0. The monoisotopic (exact) mass is 328 g/mol. The standard InChI is InChI=1S/C16H25FN2O2S/c1-12-10-15(17)7-8-16(12)22(20,21)18-11-14(3)19-9-5-4-6-13(19)2/h7-8,10,13-14,18H,4-6,9,11H2,1-3H3/t13-,14-/m1/s1. The number of nitrogens with zero attached hydrogens (tertiary/aromatic N) is 1. The van der Waals surface area contributed by atoms with Crippen molar-refractivity contribution in [1.82, 2.24) is 9.62 Å².